The second kappa shape index (κ2) is 6.99. The molecule has 2 aliphatic rings. The van der Waals surface area contributed by atoms with E-state index in [2.05, 4.69) is 4.98 Å². The van der Waals surface area contributed by atoms with Crippen LogP contribution in [0.25, 0.3) is 0 Å². The van der Waals surface area contributed by atoms with Gasteiger partial charge in [0.1, 0.15) is 11.9 Å². The van der Waals surface area contributed by atoms with Gasteiger partial charge in [-0.3, -0.25) is 4.98 Å². The Bertz CT molecular complexity index is 441. The molecule has 0 saturated carbocycles. The lowest BCUT2D eigenvalue weighted by molar-refractivity contribution is -0.116. The summed E-state index contributed by atoms with van der Waals surface area (Å²) in [5.74, 6) is 3.28. The van der Waals surface area contributed by atoms with Crippen LogP contribution in [0.4, 0.5) is 0 Å². The van der Waals surface area contributed by atoms with Gasteiger partial charge in [-0.1, -0.05) is 0 Å². The van der Waals surface area contributed by atoms with Gasteiger partial charge in [0.05, 0.1) is 18.4 Å². The molecule has 0 bridgehead atoms. The molecule has 1 aromatic heterocycles. The molecule has 4 nitrogen and oxygen atoms in total. The summed E-state index contributed by atoms with van der Waals surface area (Å²) >= 11 is 2.03. The molecule has 3 rings (SSSR count). The van der Waals surface area contributed by atoms with Crippen LogP contribution in [0.5, 0.6) is 5.75 Å². The molecule has 2 N–H and O–H groups in total. The fourth-order valence-electron chi connectivity index (χ4n) is 3.14. The number of aromatic nitrogens is 1. The Morgan fingerprint density at radius 2 is 2.24 bits per heavy atom. The summed E-state index contributed by atoms with van der Waals surface area (Å²) in [6.07, 6.45) is 7.19. The highest BCUT2D eigenvalue weighted by Crippen LogP contribution is 2.38. The lowest BCUT2D eigenvalue weighted by atomic mass is 9.86. The van der Waals surface area contributed by atoms with Crippen LogP contribution in [0.3, 0.4) is 0 Å². The number of pyridine rings is 1. The zero-order chi connectivity index (χ0) is 14.5. The predicted molar refractivity (Wildman–Crippen MR) is 85.9 cm³/mol. The monoisotopic (exact) mass is 308 g/mol. The van der Waals surface area contributed by atoms with Gasteiger partial charge in [-0.15, -0.1) is 0 Å². The van der Waals surface area contributed by atoms with Crippen molar-refractivity contribution in [1.82, 2.24) is 4.98 Å². The van der Waals surface area contributed by atoms with Gasteiger partial charge in [0.2, 0.25) is 0 Å². The van der Waals surface area contributed by atoms with Gasteiger partial charge in [0, 0.05) is 25.0 Å². The first-order chi connectivity index (χ1) is 10.3. The lowest BCUT2D eigenvalue weighted by Gasteiger charge is -2.43. The fourth-order valence-corrected chi connectivity index (χ4v) is 4.38. The third kappa shape index (κ3) is 3.90. The highest BCUT2D eigenvalue weighted by Gasteiger charge is 2.39. The van der Waals surface area contributed by atoms with Gasteiger partial charge in [0.25, 0.3) is 0 Å². The Kier molecular flexibility index (Phi) is 5.03. The average Bonchev–Trinajstić information content (AvgIpc) is 2.50. The van der Waals surface area contributed by atoms with Gasteiger partial charge in [-0.05, 0) is 43.0 Å². The highest BCUT2D eigenvalue weighted by atomic mass is 32.2. The maximum atomic E-state index is 6.14. The van der Waals surface area contributed by atoms with E-state index in [-0.39, 0.29) is 11.7 Å². The van der Waals surface area contributed by atoms with Gasteiger partial charge >= 0.3 is 0 Å². The number of hydrogen-bond acceptors (Lipinski definition) is 5. The molecule has 0 amide bonds. The Morgan fingerprint density at radius 3 is 2.95 bits per heavy atom. The summed E-state index contributed by atoms with van der Waals surface area (Å²) < 4.78 is 12.2. The second-order valence-corrected chi connectivity index (χ2v) is 7.13. The summed E-state index contributed by atoms with van der Waals surface area (Å²) in [5, 5.41) is 0. The zero-order valence-corrected chi connectivity index (χ0v) is 13.2. The van der Waals surface area contributed by atoms with Crippen molar-refractivity contribution in [2.24, 2.45) is 5.73 Å². The zero-order valence-electron chi connectivity index (χ0n) is 12.4. The van der Waals surface area contributed by atoms with Crippen LogP contribution in [-0.2, 0) is 11.2 Å². The van der Waals surface area contributed by atoms with Gasteiger partial charge in [-0.2, -0.15) is 11.8 Å². The number of ether oxygens (including phenoxy) is 2. The van der Waals surface area contributed by atoms with Crippen molar-refractivity contribution >= 4 is 11.8 Å². The SMILES string of the molecule is NCCc1ccc(OC2CCOC3(CCSCC3)C2)cn1. The summed E-state index contributed by atoms with van der Waals surface area (Å²) in [6, 6.07) is 4.02. The number of thioether (sulfide) groups is 1. The molecule has 2 fully saturated rings. The molecule has 3 heterocycles. The summed E-state index contributed by atoms with van der Waals surface area (Å²) in [6.45, 7) is 1.45. The molecule has 1 unspecified atom stereocenters. The van der Waals surface area contributed by atoms with Gasteiger partial charge in [0.15, 0.2) is 0 Å². The van der Waals surface area contributed by atoms with E-state index in [0.717, 1.165) is 50.2 Å². The Hall–Kier alpha value is -0.780. The van der Waals surface area contributed by atoms with E-state index in [1.807, 2.05) is 30.1 Å². The van der Waals surface area contributed by atoms with E-state index in [4.69, 9.17) is 15.2 Å². The quantitative estimate of drug-likeness (QED) is 0.925. The first-order valence-electron chi connectivity index (χ1n) is 7.83. The van der Waals surface area contributed by atoms with Crippen LogP contribution in [0, 0.1) is 0 Å². The second-order valence-electron chi connectivity index (χ2n) is 5.90. The predicted octanol–water partition coefficient (Wildman–Crippen LogP) is 2.41. The molecule has 0 aliphatic carbocycles. The third-order valence-electron chi connectivity index (χ3n) is 4.35. The maximum Gasteiger partial charge on any atom is 0.138 e. The standard InChI is InChI=1S/C16H24N2O2S/c17-7-3-13-1-2-15(12-18-13)20-14-4-8-19-16(11-14)5-9-21-10-6-16/h1-2,12,14H,3-11,17H2. The third-order valence-corrected chi connectivity index (χ3v) is 5.34. The van der Waals surface area contributed by atoms with Crippen molar-refractivity contribution < 1.29 is 9.47 Å². The van der Waals surface area contributed by atoms with Gasteiger partial charge in [-0.25, -0.2) is 0 Å². The topological polar surface area (TPSA) is 57.4 Å². The van der Waals surface area contributed by atoms with Crippen LogP contribution in [0.1, 0.15) is 31.4 Å². The molecule has 0 aromatic carbocycles. The molecule has 5 heteroatoms. The number of rotatable bonds is 4. The van der Waals surface area contributed by atoms with E-state index < -0.39 is 0 Å². The van der Waals surface area contributed by atoms with Crippen LogP contribution in [-0.4, -0.2) is 41.3 Å². The smallest absolute Gasteiger partial charge is 0.138 e. The van der Waals surface area contributed by atoms with E-state index in [1.165, 1.54) is 11.5 Å². The molecule has 21 heavy (non-hydrogen) atoms. The van der Waals surface area contributed by atoms with Crippen LogP contribution < -0.4 is 10.5 Å². The summed E-state index contributed by atoms with van der Waals surface area (Å²) in [4.78, 5) is 4.40. The van der Waals surface area contributed by atoms with E-state index >= 15 is 0 Å². The van der Waals surface area contributed by atoms with Crippen molar-refractivity contribution in [2.75, 3.05) is 24.7 Å². The van der Waals surface area contributed by atoms with Crippen molar-refractivity contribution in [3.05, 3.63) is 24.0 Å². The maximum absolute atomic E-state index is 6.14. The average molecular weight is 308 g/mol. The summed E-state index contributed by atoms with van der Waals surface area (Å²) in [5.41, 5.74) is 6.64. The van der Waals surface area contributed by atoms with Crippen LogP contribution in [0.15, 0.2) is 18.3 Å². The fraction of sp³-hybridized carbons (Fsp3) is 0.688. The Balaban J connectivity index is 1.59. The molecule has 1 spiro atoms. The lowest BCUT2D eigenvalue weighted by Crippen LogP contribution is -2.46. The first kappa shape index (κ1) is 15.1. The highest BCUT2D eigenvalue weighted by molar-refractivity contribution is 7.99. The molecule has 2 aliphatic heterocycles. The molecule has 2 saturated heterocycles. The first-order valence-corrected chi connectivity index (χ1v) is 8.98. The molecule has 1 aromatic rings. The Labute approximate surface area is 130 Å². The van der Waals surface area contributed by atoms with Crippen molar-refractivity contribution in [1.29, 1.82) is 0 Å². The Morgan fingerprint density at radius 1 is 1.38 bits per heavy atom. The molecule has 1 atom stereocenters. The van der Waals surface area contributed by atoms with E-state index in [1.54, 1.807) is 0 Å². The number of hydrogen-bond donors (Lipinski definition) is 1. The minimum Gasteiger partial charge on any atom is -0.489 e. The summed E-state index contributed by atoms with van der Waals surface area (Å²) in [7, 11) is 0. The van der Waals surface area contributed by atoms with Crippen molar-refractivity contribution in [2.45, 2.75) is 43.8 Å². The van der Waals surface area contributed by atoms with Crippen molar-refractivity contribution in [3.8, 4) is 5.75 Å². The van der Waals surface area contributed by atoms with Crippen LogP contribution >= 0.6 is 11.8 Å². The molecule has 0 radical (unpaired) electrons. The van der Waals surface area contributed by atoms with E-state index in [9.17, 15) is 0 Å². The van der Waals surface area contributed by atoms with E-state index in [0.29, 0.717) is 6.54 Å². The van der Waals surface area contributed by atoms with Gasteiger partial charge < -0.3 is 15.2 Å². The number of nitrogens with zero attached hydrogens (tertiary/aromatic N) is 1. The number of nitrogens with two attached hydrogens (primary N) is 1. The normalized spacial score (nSPS) is 24.9. The van der Waals surface area contributed by atoms with Crippen molar-refractivity contribution in [3.63, 3.8) is 0 Å². The molecular formula is C16H24N2O2S. The minimum absolute atomic E-state index is 0.0705. The molecule has 116 valence electrons. The van der Waals surface area contributed by atoms with Crippen LogP contribution in [0.2, 0.25) is 0 Å². The minimum atomic E-state index is 0.0705. The molecular weight excluding hydrogens is 284 g/mol. The largest absolute Gasteiger partial charge is 0.489 e.